The van der Waals surface area contributed by atoms with Gasteiger partial charge in [0.15, 0.2) is 11.6 Å². The largest absolute Gasteiger partial charge is 0.399 e. The highest BCUT2D eigenvalue weighted by atomic mass is 19.1. The molecular formula is C13H18F2N2. The number of hydrogen-bond donors (Lipinski definition) is 2. The van der Waals surface area contributed by atoms with Crippen LogP contribution >= 0.6 is 0 Å². The minimum Gasteiger partial charge on any atom is -0.399 e. The summed E-state index contributed by atoms with van der Waals surface area (Å²) in [4.78, 5) is 0. The van der Waals surface area contributed by atoms with E-state index in [4.69, 9.17) is 5.73 Å². The average molecular weight is 240 g/mol. The Morgan fingerprint density at radius 1 is 1.29 bits per heavy atom. The fraction of sp³-hybridized carbons (Fsp3) is 0.538. The van der Waals surface area contributed by atoms with Crippen LogP contribution in [-0.2, 0) is 0 Å². The number of halogens is 2. The Kier molecular flexibility index (Phi) is 3.50. The van der Waals surface area contributed by atoms with E-state index in [1.165, 1.54) is 6.42 Å². The van der Waals surface area contributed by atoms with E-state index in [0.29, 0.717) is 12.5 Å². The Balaban J connectivity index is 1.99. The van der Waals surface area contributed by atoms with Crippen molar-refractivity contribution in [1.82, 2.24) is 0 Å². The maximum atomic E-state index is 13.5. The summed E-state index contributed by atoms with van der Waals surface area (Å²) >= 11 is 0. The third-order valence-electron chi connectivity index (χ3n) is 3.44. The van der Waals surface area contributed by atoms with Crippen molar-refractivity contribution in [1.29, 1.82) is 0 Å². The monoisotopic (exact) mass is 240 g/mol. The van der Waals surface area contributed by atoms with Gasteiger partial charge >= 0.3 is 0 Å². The number of hydrogen-bond acceptors (Lipinski definition) is 2. The zero-order valence-electron chi connectivity index (χ0n) is 9.97. The predicted molar refractivity (Wildman–Crippen MR) is 65.8 cm³/mol. The smallest absolute Gasteiger partial charge is 0.151 e. The van der Waals surface area contributed by atoms with Gasteiger partial charge in [-0.05, 0) is 36.8 Å². The molecule has 17 heavy (non-hydrogen) atoms. The van der Waals surface area contributed by atoms with Gasteiger partial charge in [0.2, 0.25) is 0 Å². The molecule has 0 radical (unpaired) electrons. The molecule has 0 spiro atoms. The van der Waals surface area contributed by atoms with Gasteiger partial charge in [0.1, 0.15) is 5.69 Å². The van der Waals surface area contributed by atoms with Crippen molar-refractivity contribution in [3.05, 3.63) is 23.8 Å². The molecule has 1 saturated carbocycles. The molecule has 1 aliphatic rings. The van der Waals surface area contributed by atoms with Crippen molar-refractivity contribution < 1.29 is 8.78 Å². The quantitative estimate of drug-likeness (QED) is 0.795. The van der Waals surface area contributed by atoms with E-state index < -0.39 is 11.6 Å². The summed E-state index contributed by atoms with van der Waals surface area (Å²) in [5.74, 6) is 0.00588. The fourth-order valence-corrected chi connectivity index (χ4v) is 2.52. The van der Waals surface area contributed by atoms with E-state index >= 15 is 0 Å². The number of rotatable bonds is 3. The molecule has 0 bridgehead atoms. The Labute approximate surface area is 100 Å². The molecule has 1 aliphatic carbocycles. The van der Waals surface area contributed by atoms with Crippen LogP contribution in [0.15, 0.2) is 12.1 Å². The molecule has 3 N–H and O–H groups in total. The molecule has 2 nitrogen and oxygen atoms in total. The first-order chi connectivity index (χ1) is 8.06. The fourth-order valence-electron chi connectivity index (χ4n) is 2.52. The van der Waals surface area contributed by atoms with Gasteiger partial charge in [-0.2, -0.15) is 0 Å². The lowest BCUT2D eigenvalue weighted by Gasteiger charge is -2.13. The molecule has 1 aromatic carbocycles. The first kappa shape index (κ1) is 12.1. The molecule has 94 valence electrons. The molecule has 2 atom stereocenters. The van der Waals surface area contributed by atoms with E-state index in [1.54, 1.807) is 0 Å². The van der Waals surface area contributed by atoms with Gasteiger partial charge in [-0.15, -0.1) is 0 Å². The van der Waals surface area contributed by atoms with Crippen molar-refractivity contribution in [2.45, 2.75) is 26.2 Å². The van der Waals surface area contributed by atoms with Gasteiger partial charge in [0.05, 0.1) is 0 Å². The predicted octanol–water partition coefficient (Wildman–Crippen LogP) is 3.40. The summed E-state index contributed by atoms with van der Waals surface area (Å²) in [7, 11) is 0. The second-order valence-electron chi connectivity index (χ2n) is 5.02. The lowest BCUT2D eigenvalue weighted by atomic mass is 10.1. The van der Waals surface area contributed by atoms with Crippen molar-refractivity contribution in [3.8, 4) is 0 Å². The molecule has 2 unspecified atom stereocenters. The Hall–Kier alpha value is -1.32. The Morgan fingerprint density at radius 2 is 1.94 bits per heavy atom. The molecule has 4 heteroatoms. The molecular weight excluding hydrogens is 222 g/mol. The highest BCUT2D eigenvalue weighted by Gasteiger charge is 2.21. The van der Waals surface area contributed by atoms with Crippen LogP contribution in [-0.4, -0.2) is 6.54 Å². The van der Waals surface area contributed by atoms with Gasteiger partial charge < -0.3 is 11.1 Å². The minimum atomic E-state index is -0.617. The van der Waals surface area contributed by atoms with Crippen molar-refractivity contribution in [3.63, 3.8) is 0 Å². The highest BCUT2D eigenvalue weighted by Crippen LogP contribution is 2.31. The van der Waals surface area contributed by atoms with Crippen LogP contribution in [0.5, 0.6) is 0 Å². The first-order valence-electron chi connectivity index (χ1n) is 6.04. The van der Waals surface area contributed by atoms with Crippen LogP contribution in [0.2, 0.25) is 0 Å². The minimum absolute atomic E-state index is 0.0567. The van der Waals surface area contributed by atoms with E-state index in [-0.39, 0.29) is 11.4 Å². The molecule has 0 heterocycles. The van der Waals surface area contributed by atoms with Crippen LogP contribution in [0.4, 0.5) is 20.2 Å². The summed E-state index contributed by atoms with van der Waals surface area (Å²) in [6, 6.07) is 2.28. The van der Waals surface area contributed by atoms with E-state index in [9.17, 15) is 8.78 Å². The second-order valence-corrected chi connectivity index (χ2v) is 5.02. The van der Waals surface area contributed by atoms with Crippen molar-refractivity contribution in [2.75, 3.05) is 17.6 Å². The zero-order chi connectivity index (χ0) is 12.4. The molecule has 0 saturated heterocycles. The summed E-state index contributed by atoms with van der Waals surface area (Å²) in [5, 5.41) is 2.87. The maximum absolute atomic E-state index is 13.5. The Morgan fingerprint density at radius 3 is 2.47 bits per heavy atom. The molecule has 0 aliphatic heterocycles. The summed E-state index contributed by atoms with van der Waals surface area (Å²) < 4.78 is 27.0. The highest BCUT2D eigenvalue weighted by molar-refractivity contribution is 5.54. The van der Waals surface area contributed by atoms with Gasteiger partial charge in [-0.1, -0.05) is 13.3 Å². The van der Waals surface area contributed by atoms with Gasteiger partial charge in [0, 0.05) is 12.2 Å². The van der Waals surface area contributed by atoms with Crippen molar-refractivity contribution in [2.24, 2.45) is 11.8 Å². The topological polar surface area (TPSA) is 38.0 Å². The molecule has 2 rings (SSSR count). The Bertz CT molecular complexity index is 383. The normalized spacial score (nSPS) is 23.9. The SMILES string of the molecule is CC1CCC(CNc2c(F)cc(N)cc2F)C1. The van der Waals surface area contributed by atoms with Crippen LogP contribution in [0.25, 0.3) is 0 Å². The van der Waals surface area contributed by atoms with Crippen LogP contribution in [0, 0.1) is 23.5 Å². The standard InChI is InChI=1S/C13H18F2N2/c1-8-2-3-9(4-8)7-17-13-11(14)5-10(16)6-12(13)15/h5-6,8-9,17H,2-4,7,16H2,1H3. The van der Waals surface area contributed by atoms with E-state index in [2.05, 4.69) is 12.2 Å². The van der Waals surface area contributed by atoms with Gasteiger partial charge in [0.25, 0.3) is 0 Å². The molecule has 1 fully saturated rings. The number of nitrogens with one attached hydrogen (secondary N) is 1. The first-order valence-corrected chi connectivity index (χ1v) is 6.04. The van der Waals surface area contributed by atoms with Gasteiger partial charge in [-0.25, -0.2) is 8.78 Å². The third-order valence-corrected chi connectivity index (χ3v) is 3.44. The van der Waals surface area contributed by atoms with Crippen LogP contribution in [0.3, 0.4) is 0 Å². The number of nitrogen functional groups attached to an aromatic ring is 1. The molecule has 0 amide bonds. The van der Waals surface area contributed by atoms with Crippen molar-refractivity contribution >= 4 is 11.4 Å². The number of anilines is 2. The summed E-state index contributed by atoms with van der Waals surface area (Å²) in [5.41, 5.74) is 5.41. The number of nitrogens with two attached hydrogens (primary N) is 1. The van der Waals surface area contributed by atoms with Gasteiger partial charge in [-0.3, -0.25) is 0 Å². The van der Waals surface area contributed by atoms with E-state index in [0.717, 1.165) is 30.9 Å². The lowest BCUT2D eigenvalue weighted by Crippen LogP contribution is -2.13. The average Bonchev–Trinajstić information content (AvgIpc) is 2.62. The lowest BCUT2D eigenvalue weighted by molar-refractivity contribution is 0.530. The van der Waals surface area contributed by atoms with Crippen LogP contribution < -0.4 is 11.1 Å². The molecule has 1 aromatic rings. The zero-order valence-corrected chi connectivity index (χ0v) is 9.97. The van der Waals surface area contributed by atoms with Crippen LogP contribution in [0.1, 0.15) is 26.2 Å². The number of benzene rings is 1. The maximum Gasteiger partial charge on any atom is 0.151 e. The third kappa shape index (κ3) is 2.87. The second kappa shape index (κ2) is 4.90. The molecule has 0 aromatic heterocycles. The summed E-state index contributed by atoms with van der Waals surface area (Å²) in [6.45, 7) is 2.84. The van der Waals surface area contributed by atoms with E-state index in [1.807, 2.05) is 0 Å². The summed E-state index contributed by atoms with van der Waals surface area (Å²) in [6.07, 6.45) is 3.47.